The van der Waals surface area contributed by atoms with Crippen LogP contribution in [0.15, 0.2) is 77.9 Å². The van der Waals surface area contributed by atoms with Crippen molar-refractivity contribution in [1.29, 1.82) is 0 Å². The molecule has 0 radical (unpaired) electrons. The summed E-state index contributed by atoms with van der Waals surface area (Å²) in [6.45, 7) is 13.7. The van der Waals surface area contributed by atoms with Crippen LogP contribution in [0.3, 0.4) is 0 Å². The normalized spacial score (nSPS) is 17.9. The van der Waals surface area contributed by atoms with E-state index in [9.17, 15) is 0 Å². The van der Waals surface area contributed by atoms with Crippen LogP contribution in [-0.2, 0) is 0 Å². The lowest BCUT2D eigenvalue weighted by atomic mass is 9.81. The van der Waals surface area contributed by atoms with Crippen LogP contribution in [0.4, 0.5) is 0 Å². The fourth-order valence-corrected chi connectivity index (χ4v) is 4.43. The Kier molecular flexibility index (Phi) is 8.62. The van der Waals surface area contributed by atoms with E-state index in [1.54, 1.807) is 0 Å². The molecule has 0 saturated heterocycles. The Bertz CT molecular complexity index is 967. The van der Waals surface area contributed by atoms with Crippen molar-refractivity contribution in [3.05, 3.63) is 107 Å². The van der Waals surface area contributed by atoms with Crippen LogP contribution in [0, 0.1) is 25.2 Å². The van der Waals surface area contributed by atoms with Gasteiger partial charge in [-0.05, 0) is 55.4 Å². The first kappa shape index (κ1) is 24.2. The summed E-state index contributed by atoms with van der Waals surface area (Å²) in [6, 6.07) is 18.6. The zero-order valence-electron chi connectivity index (χ0n) is 21.0. The van der Waals surface area contributed by atoms with Gasteiger partial charge in [-0.2, -0.15) is 0 Å². The van der Waals surface area contributed by atoms with Crippen molar-refractivity contribution in [2.45, 2.75) is 73.1 Å². The maximum absolute atomic E-state index is 2.48. The summed E-state index contributed by atoms with van der Waals surface area (Å²) in [5.41, 5.74) is 9.75. The minimum absolute atomic E-state index is 0.438. The summed E-state index contributed by atoms with van der Waals surface area (Å²) in [5.74, 6) is 1.81. The Morgan fingerprint density at radius 2 is 1.56 bits per heavy atom. The zero-order chi connectivity index (χ0) is 23.1. The molecule has 0 bridgehead atoms. The predicted octanol–water partition coefficient (Wildman–Crippen LogP) is 9.47. The average molecular weight is 426 g/mol. The van der Waals surface area contributed by atoms with Crippen LogP contribution in [0.25, 0.3) is 5.57 Å². The van der Waals surface area contributed by atoms with Crippen molar-refractivity contribution >= 4 is 5.57 Å². The SMILES string of the molecule is CCC(C)CC(=C1C=CC(C)=C[CH+]1)c1cccc(C(CC(C)CC)c2ccc(C)cc2)c1. The van der Waals surface area contributed by atoms with E-state index in [0.717, 1.165) is 6.42 Å². The minimum Gasteiger partial charge on any atom is -0.0651 e. The number of rotatable bonds is 9. The van der Waals surface area contributed by atoms with Crippen molar-refractivity contribution in [3.63, 3.8) is 0 Å². The Morgan fingerprint density at radius 1 is 0.844 bits per heavy atom. The number of hydrogen-bond donors (Lipinski definition) is 0. The van der Waals surface area contributed by atoms with Gasteiger partial charge in [0.2, 0.25) is 0 Å². The third-order valence-electron chi connectivity index (χ3n) is 7.10. The van der Waals surface area contributed by atoms with Gasteiger partial charge < -0.3 is 0 Å². The van der Waals surface area contributed by atoms with E-state index in [2.05, 4.69) is 115 Å². The highest BCUT2D eigenvalue weighted by Gasteiger charge is 2.22. The third-order valence-corrected chi connectivity index (χ3v) is 7.10. The van der Waals surface area contributed by atoms with Crippen molar-refractivity contribution in [3.8, 4) is 0 Å². The Balaban J connectivity index is 2.04. The maximum Gasteiger partial charge on any atom is 0.0997 e. The maximum atomic E-state index is 2.48. The quantitative estimate of drug-likeness (QED) is 0.351. The first-order chi connectivity index (χ1) is 15.4. The van der Waals surface area contributed by atoms with Gasteiger partial charge in [0.25, 0.3) is 0 Å². The van der Waals surface area contributed by atoms with Gasteiger partial charge in [0.1, 0.15) is 0 Å². The number of benzene rings is 2. The summed E-state index contributed by atoms with van der Waals surface area (Å²) in [5, 5.41) is 0. The average Bonchev–Trinajstić information content (AvgIpc) is 2.82. The molecule has 0 fully saturated rings. The second-order valence-corrected chi connectivity index (χ2v) is 9.90. The fourth-order valence-electron chi connectivity index (χ4n) is 4.43. The first-order valence-corrected chi connectivity index (χ1v) is 12.5. The molecule has 3 unspecified atom stereocenters. The lowest BCUT2D eigenvalue weighted by Crippen LogP contribution is -2.08. The summed E-state index contributed by atoms with van der Waals surface area (Å²) in [7, 11) is 0. The van der Waals surface area contributed by atoms with Crippen LogP contribution in [0.2, 0.25) is 0 Å². The van der Waals surface area contributed by atoms with Crippen LogP contribution in [0.5, 0.6) is 0 Å². The van der Waals surface area contributed by atoms with E-state index in [4.69, 9.17) is 0 Å². The van der Waals surface area contributed by atoms with E-state index in [0.29, 0.717) is 17.8 Å². The van der Waals surface area contributed by atoms with Gasteiger partial charge in [0.15, 0.2) is 0 Å². The van der Waals surface area contributed by atoms with Gasteiger partial charge in [0, 0.05) is 53.7 Å². The molecule has 2 aromatic rings. The molecule has 0 heterocycles. The number of aryl methyl sites for hydroxylation is 1. The van der Waals surface area contributed by atoms with E-state index in [1.165, 1.54) is 58.2 Å². The molecule has 3 atom stereocenters. The minimum atomic E-state index is 0.438. The van der Waals surface area contributed by atoms with Crippen molar-refractivity contribution in [2.75, 3.05) is 0 Å². The molecule has 3 rings (SSSR count). The lowest BCUT2D eigenvalue weighted by molar-refractivity contribution is 0.484. The Labute approximate surface area is 197 Å². The third kappa shape index (κ3) is 6.28. The first-order valence-electron chi connectivity index (χ1n) is 12.5. The molecule has 1 aliphatic rings. The molecule has 168 valence electrons. The van der Waals surface area contributed by atoms with Gasteiger partial charge in [-0.3, -0.25) is 0 Å². The molecular formula is C32H41+. The van der Waals surface area contributed by atoms with Gasteiger partial charge in [-0.15, -0.1) is 0 Å². The van der Waals surface area contributed by atoms with Crippen LogP contribution < -0.4 is 0 Å². The molecule has 0 heteroatoms. The topological polar surface area (TPSA) is 0 Å². The van der Waals surface area contributed by atoms with Crippen molar-refractivity contribution < 1.29 is 0 Å². The molecule has 0 aromatic heterocycles. The molecule has 0 amide bonds. The highest BCUT2D eigenvalue weighted by molar-refractivity contribution is 5.75. The van der Waals surface area contributed by atoms with E-state index < -0.39 is 0 Å². The summed E-state index contributed by atoms with van der Waals surface area (Å²) in [4.78, 5) is 0. The predicted molar refractivity (Wildman–Crippen MR) is 142 cm³/mol. The van der Waals surface area contributed by atoms with E-state index in [-0.39, 0.29) is 0 Å². The Hall–Kier alpha value is -2.47. The van der Waals surface area contributed by atoms with E-state index in [1.807, 2.05) is 0 Å². The van der Waals surface area contributed by atoms with Crippen molar-refractivity contribution in [2.24, 2.45) is 11.8 Å². The van der Waals surface area contributed by atoms with Gasteiger partial charge in [0.05, 0.1) is 5.57 Å². The molecule has 32 heavy (non-hydrogen) atoms. The second-order valence-electron chi connectivity index (χ2n) is 9.90. The molecule has 0 spiro atoms. The highest BCUT2D eigenvalue weighted by atomic mass is 14.2. The van der Waals surface area contributed by atoms with Crippen LogP contribution in [0.1, 0.15) is 88.5 Å². The van der Waals surface area contributed by atoms with Gasteiger partial charge in [-0.25, -0.2) is 0 Å². The number of allylic oxidation sites excluding steroid dienone is 6. The standard InChI is InChI=1S/C32H41/c1-7-23(3)20-31(27-16-12-25(5)13-17-27)29-10-9-11-30(22-29)32(21-24(4)8-2)28-18-14-26(6)15-19-28/h9-19,22-24,31H,7-8,20-21H2,1-6H3/q+1. The molecule has 0 nitrogen and oxygen atoms in total. The summed E-state index contributed by atoms with van der Waals surface area (Å²) >= 11 is 0. The largest absolute Gasteiger partial charge is 0.0997 e. The van der Waals surface area contributed by atoms with E-state index >= 15 is 0 Å². The molecule has 0 saturated carbocycles. The zero-order valence-corrected chi connectivity index (χ0v) is 21.0. The van der Waals surface area contributed by atoms with Gasteiger partial charge in [-0.1, -0.05) is 82.5 Å². The molecule has 1 aliphatic carbocycles. The van der Waals surface area contributed by atoms with Crippen LogP contribution in [-0.4, -0.2) is 0 Å². The molecule has 0 aliphatic heterocycles. The highest BCUT2D eigenvalue weighted by Crippen LogP contribution is 2.36. The number of hydrogen-bond acceptors (Lipinski definition) is 0. The fraction of sp³-hybridized carbons (Fsp3) is 0.406. The molecular weight excluding hydrogens is 384 g/mol. The second kappa shape index (κ2) is 11.4. The molecule has 2 aromatic carbocycles. The molecule has 0 N–H and O–H groups in total. The van der Waals surface area contributed by atoms with Crippen LogP contribution >= 0.6 is 0 Å². The summed E-state index contributed by atoms with van der Waals surface area (Å²) in [6.07, 6.45) is 13.8. The monoisotopic (exact) mass is 425 g/mol. The smallest absolute Gasteiger partial charge is 0.0651 e. The van der Waals surface area contributed by atoms with Gasteiger partial charge >= 0.3 is 0 Å². The summed E-state index contributed by atoms with van der Waals surface area (Å²) < 4.78 is 0. The lowest BCUT2D eigenvalue weighted by Gasteiger charge is -2.23. The Morgan fingerprint density at radius 3 is 2.19 bits per heavy atom. The van der Waals surface area contributed by atoms with Crippen molar-refractivity contribution in [1.82, 2.24) is 0 Å².